The summed E-state index contributed by atoms with van der Waals surface area (Å²) in [6.45, 7) is 1.81. The fourth-order valence-electron chi connectivity index (χ4n) is 1.48. The van der Waals surface area contributed by atoms with Crippen LogP contribution in [0.5, 0.6) is 0 Å². The highest BCUT2D eigenvalue weighted by atomic mass is 16.6. The van der Waals surface area contributed by atoms with Gasteiger partial charge in [-0.25, -0.2) is 20.8 Å². The van der Waals surface area contributed by atoms with Crippen LogP contribution in [0.4, 0.5) is 23.1 Å². The van der Waals surface area contributed by atoms with E-state index in [4.69, 9.17) is 5.84 Å². The lowest BCUT2D eigenvalue weighted by Gasteiger charge is -2.07. The molecule has 0 fully saturated rings. The number of nitrogens with one attached hydrogen (secondary N) is 2. The lowest BCUT2D eigenvalue weighted by Crippen LogP contribution is -2.13. The van der Waals surface area contributed by atoms with Crippen molar-refractivity contribution in [2.45, 2.75) is 6.92 Å². The molecule has 2 rings (SSSR count). The van der Waals surface area contributed by atoms with E-state index in [9.17, 15) is 10.1 Å². The van der Waals surface area contributed by atoms with E-state index in [2.05, 4.69) is 25.7 Å². The number of aromatic nitrogens is 3. The molecule has 2 heterocycles. The monoisotopic (exact) mass is 261 g/mol. The molecule has 0 unspecified atom stereocenters. The number of anilines is 3. The predicted octanol–water partition coefficient (Wildman–Crippen LogP) is 1.12. The normalized spacial score (nSPS) is 10.0. The molecule has 19 heavy (non-hydrogen) atoms. The molecule has 0 saturated heterocycles. The van der Waals surface area contributed by atoms with E-state index in [0.717, 1.165) is 5.69 Å². The summed E-state index contributed by atoms with van der Waals surface area (Å²) in [7, 11) is 0. The van der Waals surface area contributed by atoms with Crippen LogP contribution in [0.15, 0.2) is 24.5 Å². The Hall–Kier alpha value is -2.81. The molecule has 0 spiro atoms. The van der Waals surface area contributed by atoms with E-state index in [1.807, 2.05) is 13.0 Å². The topological polar surface area (TPSA) is 132 Å². The van der Waals surface area contributed by atoms with Crippen LogP contribution in [0.2, 0.25) is 0 Å². The fourth-order valence-corrected chi connectivity index (χ4v) is 1.48. The Kier molecular flexibility index (Phi) is 3.48. The third kappa shape index (κ3) is 2.72. The van der Waals surface area contributed by atoms with Crippen molar-refractivity contribution in [2.24, 2.45) is 5.84 Å². The molecule has 0 aromatic carbocycles. The smallest absolute Gasteiger partial charge is 0.319 e. The van der Waals surface area contributed by atoms with Crippen LogP contribution in [-0.2, 0) is 0 Å². The number of aryl methyl sites for hydroxylation is 1. The summed E-state index contributed by atoms with van der Waals surface area (Å²) >= 11 is 0. The van der Waals surface area contributed by atoms with Crippen LogP contribution >= 0.6 is 0 Å². The average Bonchev–Trinajstić information content (AvgIpc) is 2.38. The van der Waals surface area contributed by atoms with Crippen molar-refractivity contribution in [3.05, 3.63) is 40.3 Å². The third-order valence-electron chi connectivity index (χ3n) is 2.28. The summed E-state index contributed by atoms with van der Waals surface area (Å²) in [5.74, 6) is 5.58. The van der Waals surface area contributed by atoms with Gasteiger partial charge in [0.1, 0.15) is 12.1 Å². The van der Waals surface area contributed by atoms with Crippen molar-refractivity contribution in [2.75, 3.05) is 10.7 Å². The summed E-state index contributed by atoms with van der Waals surface area (Å²) in [6, 6.07) is 5.26. The van der Waals surface area contributed by atoms with Crippen LogP contribution < -0.4 is 16.6 Å². The molecule has 0 bridgehead atoms. The largest absolute Gasteiger partial charge is 0.354 e. The zero-order valence-corrected chi connectivity index (χ0v) is 9.99. The molecule has 98 valence electrons. The molecule has 9 heteroatoms. The van der Waals surface area contributed by atoms with E-state index in [1.54, 1.807) is 12.1 Å². The molecule has 2 aromatic heterocycles. The van der Waals surface area contributed by atoms with Gasteiger partial charge in [-0.1, -0.05) is 6.07 Å². The van der Waals surface area contributed by atoms with Crippen LogP contribution in [0, 0.1) is 17.0 Å². The first-order valence-corrected chi connectivity index (χ1v) is 5.28. The van der Waals surface area contributed by atoms with Crippen LogP contribution in [0.1, 0.15) is 5.69 Å². The van der Waals surface area contributed by atoms with Gasteiger partial charge in [-0.05, 0) is 19.1 Å². The predicted molar refractivity (Wildman–Crippen MR) is 68.8 cm³/mol. The summed E-state index contributed by atoms with van der Waals surface area (Å²) < 4.78 is 0. The quantitative estimate of drug-likeness (QED) is 0.423. The number of hydrogen-bond donors (Lipinski definition) is 3. The maximum atomic E-state index is 11.0. The Balaban J connectivity index is 2.42. The van der Waals surface area contributed by atoms with Crippen LogP contribution in [0.3, 0.4) is 0 Å². The molecule has 0 radical (unpaired) electrons. The molecule has 0 atom stereocenters. The van der Waals surface area contributed by atoms with Gasteiger partial charge >= 0.3 is 5.69 Å². The van der Waals surface area contributed by atoms with Crippen LogP contribution in [0.25, 0.3) is 0 Å². The van der Waals surface area contributed by atoms with Gasteiger partial charge in [0.25, 0.3) is 0 Å². The number of nitrogen functional groups attached to an aromatic ring is 1. The number of pyridine rings is 1. The van der Waals surface area contributed by atoms with Crippen molar-refractivity contribution in [3.8, 4) is 0 Å². The lowest BCUT2D eigenvalue weighted by molar-refractivity contribution is -0.383. The summed E-state index contributed by atoms with van der Waals surface area (Å²) in [5.41, 5.74) is 2.60. The van der Waals surface area contributed by atoms with Crippen molar-refractivity contribution in [1.29, 1.82) is 0 Å². The molecule has 0 aliphatic carbocycles. The first kappa shape index (κ1) is 12.6. The van der Waals surface area contributed by atoms with Gasteiger partial charge in [0, 0.05) is 5.69 Å². The van der Waals surface area contributed by atoms with E-state index in [-0.39, 0.29) is 17.3 Å². The second-order valence-corrected chi connectivity index (χ2v) is 3.61. The van der Waals surface area contributed by atoms with E-state index >= 15 is 0 Å². The number of nitro groups is 1. The molecule has 2 aromatic rings. The highest BCUT2D eigenvalue weighted by Crippen LogP contribution is 2.29. The summed E-state index contributed by atoms with van der Waals surface area (Å²) in [6.07, 6.45) is 1.17. The van der Waals surface area contributed by atoms with Crippen molar-refractivity contribution in [3.63, 3.8) is 0 Å². The SMILES string of the molecule is Cc1cccc(Nc2ncnc(NN)c2[N+](=O)[O-])n1. The fraction of sp³-hybridized carbons (Fsp3) is 0.100. The summed E-state index contributed by atoms with van der Waals surface area (Å²) in [5, 5.41) is 13.8. The van der Waals surface area contributed by atoms with Gasteiger partial charge in [-0.3, -0.25) is 10.1 Å². The number of rotatable bonds is 4. The summed E-state index contributed by atoms with van der Waals surface area (Å²) in [4.78, 5) is 22.1. The number of nitrogens with zero attached hydrogens (tertiary/aromatic N) is 4. The molecule has 4 N–H and O–H groups in total. The van der Waals surface area contributed by atoms with Gasteiger partial charge in [0.15, 0.2) is 0 Å². The molecule has 0 aliphatic heterocycles. The van der Waals surface area contributed by atoms with E-state index < -0.39 is 4.92 Å². The van der Waals surface area contributed by atoms with Gasteiger partial charge in [-0.2, -0.15) is 0 Å². The lowest BCUT2D eigenvalue weighted by atomic mass is 10.3. The van der Waals surface area contributed by atoms with Gasteiger partial charge in [-0.15, -0.1) is 0 Å². The second-order valence-electron chi connectivity index (χ2n) is 3.61. The molecular weight excluding hydrogens is 250 g/mol. The van der Waals surface area contributed by atoms with Crippen molar-refractivity contribution in [1.82, 2.24) is 15.0 Å². The first-order chi connectivity index (χ1) is 9.11. The maximum absolute atomic E-state index is 11.0. The van der Waals surface area contributed by atoms with E-state index in [1.165, 1.54) is 6.33 Å². The van der Waals surface area contributed by atoms with Gasteiger partial charge in [0.2, 0.25) is 11.6 Å². The third-order valence-corrected chi connectivity index (χ3v) is 2.28. The Morgan fingerprint density at radius 3 is 2.68 bits per heavy atom. The standard InChI is InChI=1S/C10H11N7O2/c1-6-3-2-4-7(14-6)15-9-8(17(18)19)10(16-11)13-5-12-9/h2-5H,11H2,1H3,(H2,12,13,14,15,16). The van der Waals surface area contributed by atoms with Gasteiger partial charge < -0.3 is 10.7 Å². The van der Waals surface area contributed by atoms with Crippen molar-refractivity contribution >= 4 is 23.1 Å². The van der Waals surface area contributed by atoms with E-state index in [0.29, 0.717) is 5.82 Å². The molecule has 9 nitrogen and oxygen atoms in total. The first-order valence-electron chi connectivity index (χ1n) is 5.28. The Morgan fingerprint density at radius 2 is 2.05 bits per heavy atom. The zero-order valence-electron chi connectivity index (χ0n) is 9.99. The molecule has 0 saturated carbocycles. The average molecular weight is 261 g/mol. The maximum Gasteiger partial charge on any atom is 0.354 e. The number of hydrazine groups is 1. The highest BCUT2D eigenvalue weighted by molar-refractivity contribution is 5.72. The minimum atomic E-state index is -0.618. The number of nitrogens with two attached hydrogens (primary N) is 1. The molecule has 0 aliphatic rings. The minimum Gasteiger partial charge on any atom is -0.319 e. The zero-order chi connectivity index (χ0) is 13.8. The Morgan fingerprint density at radius 1 is 1.32 bits per heavy atom. The second kappa shape index (κ2) is 5.23. The Labute approximate surface area is 108 Å². The number of hydrogen-bond acceptors (Lipinski definition) is 8. The Bertz CT molecular complexity index is 617. The molecular formula is C10H11N7O2. The van der Waals surface area contributed by atoms with Gasteiger partial charge in [0.05, 0.1) is 4.92 Å². The molecule has 0 amide bonds. The van der Waals surface area contributed by atoms with Crippen LogP contribution in [-0.4, -0.2) is 19.9 Å². The highest BCUT2D eigenvalue weighted by Gasteiger charge is 2.22. The van der Waals surface area contributed by atoms with Crippen molar-refractivity contribution < 1.29 is 4.92 Å². The minimum absolute atomic E-state index is 0.0195.